The van der Waals surface area contributed by atoms with E-state index in [1.165, 1.54) is 0 Å². The van der Waals surface area contributed by atoms with Crippen LogP contribution < -0.4 is 5.73 Å². The number of nitrogens with zero attached hydrogens (tertiary/aromatic N) is 1. The SMILES string of the molecule is COCC1CCN(C(=O)/C=C/c2cccc(N)c2)CC1. The van der Waals surface area contributed by atoms with Crippen molar-refractivity contribution in [3.63, 3.8) is 0 Å². The molecule has 2 N–H and O–H groups in total. The number of carbonyl (C=O) groups is 1. The van der Waals surface area contributed by atoms with Gasteiger partial charge in [0, 0.05) is 38.6 Å². The van der Waals surface area contributed by atoms with E-state index in [0.717, 1.165) is 38.1 Å². The highest BCUT2D eigenvalue weighted by atomic mass is 16.5. The lowest BCUT2D eigenvalue weighted by Crippen LogP contribution is -2.38. The van der Waals surface area contributed by atoms with Crippen LogP contribution in [-0.2, 0) is 9.53 Å². The van der Waals surface area contributed by atoms with E-state index in [0.29, 0.717) is 11.6 Å². The van der Waals surface area contributed by atoms with E-state index < -0.39 is 0 Å². The van der Waals surface area contributed by atoms with Gasteiger partial charge in [-0.15, -0.1) is 0 Å². The van der Waals surface area contributed by atoms with Gasteiger partial charge < -0.3 is 15.4 Å². The van der Waals surface area contributed by atoms with Crippen molar-refractivity contribution in [1.29, 1.82) is 0 Å². The van der Waals surface area contributed by atoms with E-state index in [4.69, 9.17) is 10.5 Å². The molecule has 108 valence electrons. The third-order valence-corrected chi connectivity index (χ3v) is 3.66. The van der Waals surface area contributed by atoms with Crippen LogP contribution in [0, 0.1) is 5.92 Å². The molecule has 2 rings (SSSR count). The first-order valence-electron chi connectivity index (χ1n) is 7.00. The zero-order valence-electron chi connectivity index (χ0n) is 11.9. The predicted molar refractivity (Wildman–Crippen MR) is 81.1 cm³/mol. The van der Waals surface area contributed by atoms with Crippen molar-refractivity contribution in [2.45, 2.75) is 12.8 Å². The van der Waals surface area contributed by atoms with Gasteiger partial charge in [-0.1, -0.05) is 12.1 Å². The Labute approximate surface area is 120 Å². The average Bonchev–Trinajstić information content (AvgIpc) is 2.46. The molecule has 4 heteroatoms. The number of anilines is 1. The van der Waals surface area contributed by atoms with Crippen LogP contribution in [0.1, 0.15) is 18.4 Å². The molecule has 1 heterocycles. The molecular weight excluding hydrogens is 252 g/mol. The van der Waals surface area contributed by atoms with Crippen LogP contribution in [-0.4, -0.2) is 37.6 Å². The normalized spacial score (nSPS) is 16.8. The molecule has 4 nitrogen and oxygen atoms in total. The number of amides is 1. The molecule has 0 aliphatic carbocycles. The van der Waals surface area contributed by atoms with Gasteiger partial charge in [0.1, 0.15) is 0 Å². The van der Waals surface area contributed by atoms with Gasteiger partial charge in [-0.05, 0) is 42.5 Å². The minimum absolute atomic E-state index is 0.0725. The van der Waals surface area contributed by atoms with Gasteiger partial charge in [0.15, 0.2) is 0 Å². The van der Waals surface area contributed by atoms with Gasteiger partial charge in [0.25, 0.3) is 0 Å². The summed E-state index contributed by atoms with van der Waals surface area (Å²) >= 11 is 0. The number of carbonyl (C=O) groups excluding carboxylic acids is 1. The van der Waals surface area contributed by atoms with Crippen LogP contribution in [0.15, 0.2) is 30.3 Å². The average molecular weight is 274 g/mol. The molecule has 1 aliphatic rings. The van der Waals surface area contributed by atoms with Crippen molar-refractivity contribution in [2.24, 2.45) is 5.92 Å². The molecule has 1 saturated heterocycles. The predicted octanol–water partition coefficient (Wildman–Crippen LogP) is 2.17. The number of piperidine rings is 1. The highest BCUT2D eigenvalue weighted by Crippen LogP contribution is 2.17. The van der Waals surface area contributed by atoms with Crippen molar-refractivity contribution < 1.29 is 9.53 Å². The van der Waals surface area contributed by atoms with Gasteiger partial charge >= 0.3 is 0 Å². The van der Waals surface area contributed by atoms with Crippen LogP contribution >= 0.6 is 0 Å². The third kappa shape index (κ3) is 4.10. The van der Waals surface area contributed by atoms with Crippen LogP contribution in [0.5, 0.6) is 0 Å². The van der Waals surface area contributed by atoms with E-state index >= 15 is 0 Å². The van der Waals surface area contributed by atoms with Crippen molar-refractivity contribution >= 4 is 17.7 Å². The largest absolute Gasteiger partial charge is 0.399 e. The zero-order chi connectivity index (χ0) is 14.4. The number of methoxy groups -OCH3 is 1. The summed E-state index contributed by atoms with van der Waals surface area (Å²) in [6.45, 7) is 2.42. The van der Waals surface area contributed by atoms with Crippen molar-refractivity contribution in [2.75, 3.05) is 32.5 Å². The Kier molecular flexibility index (Phi) is 5.18. The molecular formula is C16H22N2O2. The smallest absolute Gasteiger partial charge is 0.246 e. The summed E-state index contributed by atoms with van der Waals surface area (Å²) in [5.74, 6) is 0.658. The van der Waals surface area contributed by atoms with Crippen LogP contribution in [0.25, 0.3) is 6.08 Å². The number of hydrogen-bond acceptors (Lipinski definition) is 3. The lowest BCUT2D eigenvalue weighted by atomic mass is 9.98. The highest BCUT2D eigenvalue weighted by Gasteiger charge is 2.21. The molecule has 1 fully saturated rings. The number of benzene rings is 1. The molecule has 0 bridgehead atoms. The van der Waals surface area contributed by atoms with Crippen LogP contribution in [0.4, 0.5) is 5.69 Å². The molecule has 1 amide bonds. The summed E-state index contributed by atoms with van der Waals surface area (Å²) in [4.78, 5) is 14.0. The monoisotopic (exact) mass is 274 g/mol. The molecule has 0 saturated carbocycles. The first-order valence-corrected chi connectivity index (χ1v) is 7.00. The summed E-state index contributed by atoms with van der Waals surface area (Å²) in [7, 11) is 1.73. The fourth-order valence-corrected chi connectivity index (χ4v) is 2.49. The zero-order valence-corrected chi connectivity index (χ0v) is 11.9. The molecule has 0 spiro atoms. The molecule has 0 atom stereocenters. The molecule has 20 heavy (non-hydrogen) atoms. The topological polar surface area (TPSA) is 55.6 Å². The maximum Gasteiger partial charge on any atom is 0.246 e. The standard InChI is InChI=1S/C16H22N2O2/c1-20-12-14-7-9-18(10-8-14)16(19)6-5-13-3-2-4-15(17)11-13/h2-6,11,14H,7-10,12,17H2,1H3/b6-5+. The van der Waals surface area contributed by atoms with Crippen LogP contribution in [0.2, 0.25) is 0 Å². The summed E-state index contributed by atoms with van der Waals surface area (Å²) in [5.41, 5.74) is 7.37. The van der Waals surface area contributed by atoms with Gasteiger partial charge in [0.2, 0.25) is 5.91 Å². The summed E-state index contributed by atoms with van der Waals surface area (Å²) in [6.07, 6.45) is 5.49. The van der Waals surface area contributed by atoms with Crippen LogP contribution in [0.3, 0.4) is 0 Å². The first-order chi connectivity index (χ1) is 9.69. The number of rotatable bonds is 4. The van der Waals surface area contributed by atoms with Crippen molar-refractivity contribution in [1.82, 2.24) is 4.90 Å². The van der Waals surface area contributed by atoms with E-state index in [1.54, 1.807) is 13.2 Å². The number of nitrogens with two attached hydrogens (primary N) is 1. The third-order valence-electron chi connectivity index (χ3n) is 3.66. The van der Waals surface area contributed by atoms with Gasteiger partial charge in [-0.2, -0.15) is 0 Å². The molecule has 0 aromatic heterocycles. The lowest BCUT2D eigenvalue weighted by molar-refractivity contribution is -0.127. The molecule has 1 aromatic rings. The molecule has 0 unspecified atom stereocenters. The Morgan fingerprint density at radius 2 is 2.20 bits per heavy atom. The minimum atomic E-state index is 0.0725. The Morgan fingerprint density at radius 1 is 1.45 bits per heavy atom. The maximum atomic E-state index is 12.1. The number of nitrogen functional groups attached to an aromatic ring is 1. The van der Waals surface area contributed by atoms with Gasteiger partial charge in [-0.3, -0.25) is 4.79 Å². The second-order valence-corrected chi connectivity index (χ2v) is 5.23. The van der Waals surface area contributed by atoms with E-state index in [1.807, 2.05) is 35.2 Å². The Hall–Kier alpha value is -1.81. The highest BCUT2D eigenvalue weighted by molar-refractivity contribution is 5.91. The first kappa shape index (κ1) is 14.6. The molecule has 1 aliphatic heterocycles. The van der Waals surface area contributed by atoms with E-state index in [9.17, 15) is 4.79 Å². The Bertz CT molecular complexity index is 477. The molecule has 0 radical (unpaired) electrons. The Morgan fingerprint density at radius 3 is 2.85 bits per heavy atom. The fourth-order valence-electron chi connectivity index (χ4n) is 2.49. The fraction of sp³-hybridized carbons (Fsp3) is 0.438. The van der Waals surface area contributed by atoms with E-state index in [2.05, 4.69) is 0 Å². The number of likely N-dealkylation sites (tertiary alicyclic amines) is 1. The lowest BCUT2D eigenvalue weighted by Gasteiger charge is -2.30. The second-order valence-electron chi connectivity index (χ2n) is 5.23. The second kappa shape index (κ2) is 7.10. The maximum absolute atomic E-state index is 12.1. The number of hydrogen-bond donors (Lipinski definition) is 1. The quantitative estimate of drug-likeness (QED) is 0.676. The minimum Gasteiger partial charge on any atom is -0.399 e. The Balaban J connectivity index is 1.86. The van der Waals surface area contributed by atoms with Gasteiger partial charge in [0.05, 0.1) is 0 Å². The summed E-state index contributed by atoms with van der Waals surface area (Å²) in [6, 6.07) is 7.51. The van der Waals surface area contributed by atoms with Crippen molar-refractivity contribution in [3.8, 4) is 0 Å². The summed E-state index contributed by atoms with van der Waals surface area (Å²) in [5, 5.41) is 0. The number of ether oxygens (including phenoxy) is 1. The van der Waals surface area contributed by atoms with Gasteiger partial charge in [-0.25, -0.2) is 0 Å². The van der Waals surface area contributed by atoms with E-state index in [-0.39, 0.29) is 5.91 Å². The summed E-state index contributed by atoms with van der Waals surface area (Å²) < 4.78 is 5.16. The van der Waals surface area contributed by atoms with Crippen molar-refractivity contribution in [3.05, 3.63) is 35.9 Å². The molecule has 1 aromatic carbocycles.